The molecule has 4 aromatic rings. The lowest BCUT2D eigenvalue weighted by Gasteiger charge is -2.29. The number of amides is 2. The first-order valence-electron chi connectivity index (χ1n) is 10.4. The number of benzene rings is 4. The van der Waals surface area contributed by atoms with Gasteiger partial charge in [0.2, 0.25) is 0 Å². The minimum atomic E-state index is -0.248. The first kappa shape index (κ1) is 20.5. The quantitative estimate of drug-likeness (QED) is 0.324. The van der Waals surface area contributed by atoms with Gasteiger partial charge in [-0.1, -0.05) is 76.6 Å². The molecule has 0 aromatic heterocycles. The SMILES string of the molecule is CN(Cc1ccccc1Br)c1ccc2c3c(cccc13)C(=O)N(Cc1ccccc1)C2=O. The van der Waals surface area contributed by atoms with Crippen LogP contribution in [0.1, 0.15) is 31.8 Å². The molecule has 0 radical (unpaired) electrons. The minimum Gasteiger partial charge on any atom is -0.370 e. The van der Waals surface area contributed by atoms with Crippen molar-refractivity contribution in [3.63, 3.8) is 0 Å². The summed E-state index contributed by atoms with van der Waals surface area (Å²) in [6, 6.07) is 27.3. The van der Waals surface area contributed by atoms with Crippen molar-refractivity contribution in [3.05, 3.63) is 112 Å². The summed E-state index contributed by atoms with van der Waals surface area (Å²) in [5.74, 6) is -0.495. The molecule has 0 atom stereocenters. The van der Waals surface area contributed by atoms with Crippen LogP contribution in [-0.4, -0.2) is 23.8 Å². The normalized spacial score (nSPS) is 13.0. The average molecular weight is 485 g/mol. The van der Waals surface area contributed by atoms with Gasteiger partial charge in [0.1, 0.15) is 0 Å². The highest BCUT2D eigenvalue weighted by molar-refractivity contribution is 9.10. The molecule has 1 heterocycles. The zero-order valence-corrected chi connectivity index (χ0v) is 19.2. The number of nitrogens with zero attached hydrogens (tertiary/aromatic N) is 2. The Morgan fingerprint density at radius 1 is 0.781 bits per heavy atom. The molecule has 5 rings (SSSR count). The molecule has 32 heavy (non-hydrogen) atoms. The molecule has 2 amide bonds. The molecular weight excluding hydrogens is 464 g/mol. The zero-order valence-electron chi connectivity index (χ0n) is 17.6. The Balaban J connectivity index is 1.55. The number of imide groups is 1. The third kappa shape index (κ3) is 3.49. The summed E-state index contributed by atoms with van der Waals surface area (Å²) in [5.41, 5.74) is 4.22. The van der Waals surface area contributed by atoms with Crippen LogP contribution in [0.3, 0.4) is 0 Å². The van der Waals surface area contributed by atoms with Crippen molar-refractivity contribution in [1.29, 1.82) is 0 Å². The lowest BCUT2D eigenvalue weighted by molar-refractivity contribution is 0.0598. The van der Waals surface area contributed by atoms with E-state index in [9.17, 15) is 9.59 Å². The Bertz CT molecular complexity index is 1330. The highest BCUT2D eigenvalue weighted by atomic mass is 79.9. The fourth-order valence-corrected chi connectivity index (χ4v) is 4.75. The van der Waals surface area contributed by atoms with Gasteiger partial charge in [0.05, 0.1) is 6.54 Å². The van der Waals surface area contributed by atoms with Gasteiger partial charge >= 0.3 is 0 Å². The Hall–Kier alpha value is -3.44. The Labute approximate surface area is 195 Å². The number of anilines is 1. The highest BCUT2D eigenvalue weighted by Crippen LogP contribution is 2.36. The average Bonchev–Trinajstić information content (AvgIpc) is 2.82. The van der Waals surface area contributed by atoms with Crippen molar-refractivity contribution in [2.75, 3.05) is 11.9 Å². The van der Waals surface area contributed by atoms with Crippen LogP contribution in [0, 0.1) is 0 Å². The van der Waals surface area contributed by atoms with Gasteiger partial charge in [-0.05, 0) is 35.4 Å². The minimum absolute atomic E-state index is 0.248. The smallest absolute Gasteiger partial charge is 0.261 e. The standard InChI is InChI=1S/C27H21BrN2O2/c1-29(17-19-10-5-6-13-23(19)28)24-15-14-22-25-20(24)11-7-12-21(25)26(31)30(27(22)32)16-18-8-3-2-4-9-18/h2-15H,16-17H2,1H3. The van der Waals surface area contributed by atoms with E-state index >= 15 is 0 Å². The molecule has 0 N–H and O–H groups in total. The van der Waals surface area contributed by atoms with Crippen LogP contribution in [0.5, 0.6) is 0 Å². The maximum absolute atomic E-state index is 13.3. The van der Waals surface area contributed by atoms with Crippen molar-refractivity contribution in [3.8, 4) is 0 Å². The number of rotatable bonds is 5. The van der Waals surface area contributed by atoms with Gasteiger partial charge in [-0.25, -0.2) is 0 Å². The van der Waals surface area contributed by atoms with E-state index < -0.39 is 0 Å². The predicted molar refractivity (Wildman–Crippen MR) is 131 cm³/mol. The monoisotopic (exact) mass is 484 g/mol. The Kier molecular flexibility index (Phi) is 5.27. The van der Waals surface area contributed by atoms with Gasteiger partial charge in [0, 0.05) is 45.7 Å². The summed E-state index contributed by atoms with van der Waals surface area (Å²) >= 11 is 3.62. The van der Waals surface area contributed by atoms with Crippen LogP contribution < -0.4 is 4.90 Å². The molecule has 0 bridgehead atoms. The molecular formula is C27H21BrN2O2. The van der Waals surface area contributed by atoms with E-state index in [4.69, 9.17) is 0 Å². The molecule has 1 aliphatic heterocycles. The zero-order chi connectivity index (χ0) is 22.2. The maximum atomic E-state index is 13.3. The maximum Gasteiger partial charge on any atom is 0.261 e. The predicted octanol–water partition coefficient (Wildman–Crippen LogP) is 6.03. The van der Waals surface area contributed by atoms with E-state index in [2.05, 4.69) is 26.9 Å². The fraction of sp³-hybridized carbons (Fsp3) is 0.111. The van der Waals surface area contributed by atoms with Gasteiger partial charge < -0.3 is 4.90 Å². The van der Waals surface area contributed by atoms with Crippen molar-refractivity contribution in [2.45, 2.75) is 13.1 Å². The van der Waals surface area contributed by atoms with E-state index in [1.165, 1.54) is 4.90 Å². The summed E-state index contributed by atoms with van der Waals surface area (Å²) in [6.07, 6.45) is 0. The van der Waals surface area contributed by atoms with Crippen LogP contribution in [0.15, 0.2) is 89.4 Å². The van der Waals surface area contributed by atoms with Gasteiger partial charge in [0.15, 0.2) is 0 Å². The van der Waals surface area contributed by atoms with Crippen molar-refractivity contribution in [2.24, 2.45) is 0 Å². The molecule has 4 nitrogen and oxygen atoms in total. The van der Waals surface area contributed by atoms with Crippen molar-refractivity contribution < 1.29 is 9.59 Å². The van der Waals surface area contributed by atoms with Crippen LogP contribution in [0.2, 0.25) is 0 Å². The molecule has 5 heteroatoms. The third-order valence-electron chi connectivity index (χ3n) is 5.93. The van der Waals surface area contributed by atoms with Gasteiger partial charge in [-0.15, -0.1) is 0 Å². The number of hydrogen-bond donors (Lipinski definition) is 0. The van der Waals surface area contributed by atoms with E-state index in [-0.39, 0.29) is 18.4 Å². The largest absolute Gasteiger partial charge is 0.370 e. The molecule has 0 aliphatic carbocycles. The summed E-state index contributed by atoms with van der Waals surface area (Å²) in [5, 5.41) is 1.65. The lowest BCUT2D eigenvalue weighted by atomic mass is 9.92. The summed E-state index contributed by atoms with van der Waals surface area (Å²) < 4.78 is 1.05. The van der Waals surface area contributed by atoms with E-state index in [0.29, 0.717) is 17.7 Å². The molecule has 0 saturated carbocycles. The number of carbonyl (C=O) groups excluding carboxylic acids is 2. The molecule has 4 aromatic carbocycles. The van der Waals surface area contributed by atoms with Crippen molar-refractivity contribution in [1.82, 2.24) is 4.90 Å². The lowest BCUT2D eigenvalue weighted by Crippen LogP contribution is -2.39. The molecule has 0 fully saturated rings. The van der Waals surface area contributed by atoms with Crippen molar-refractivity contribution >= 4 is 44.2 Å². The molecule has 1 aliphatic rings. The second-order valence-corrected chi connectivity index (χ2v) is 8.84. The number of halogens is 1. The topological polar surface area (TPSA) is 40.6 Å². The molecule has 0 saturated heterocycles. The van der Waals surface area contributed by atoms with Crippen LogP contribution in [0.25, 0.3) is 10.8 Å². The van der Waals surface area contributed by atoms with Crippen LogP contribution >= 0.6 is 15.9 Å². The van der Waals surface area contributed by atoms with E-state index in [1.807, 2.05) is 85.9 Å². The first-order valence-corrected chi connectivity index (χ1v) is 11.2. The molecule has 0 unspecified atom stereocenters. The Morgan fingerprint density at radius 3 is 2.22 bits per heavy atom. The highest BCUT2D eigenvalue weighted by Gasteiger charge is 2.33. The fourth-order valence-electron chi connectivity index (χ4n) is 4.34. The summed E-state index contributed by atoms with van der Waals surface area (Å²) in [7, 11) is 2.03. The first-order chi connectivity index (χ1) is 15.5. The van der Waals surface area contributed by atoms with Gasteiger partial charge in [0.25, 0.3) is 11.8 Å². The van der Waals surface area contributed by atoms with Gasteiger partial charge in [-0.2, -0.15) is 0 Å². The summed E-state index contributed by atoms with van der Waals surface area (Å²) in [6.45, 7) is 0.958. The molecule has 158 valence electrons. The number of carbonyl (C=O) groups is 2. The second kappa shape index (κ2) is 8.24. The number of hydrogen-bond acceptors (Lipinski definition) is 3. The summed E-state index contributed by atoms with van der Waals surface area (Å²) in [4.78, 5) is 30.1. The van der Waals surface area contributed by atoms with Crippen LogP contribution in [0.4, 0.5) is 5.69 Å². The molecule has 0 spiro atoms. The second-order valence-electron chi connectivity index (χ2n) is 7.99. The van der Waals surface area contributed by atoms with Crippen LogP contribution in [-0.2, 0) is 13.1 Å². The van der Waals surface area contributed by atoms with E-state index in [0.717, 1.165) is 32.1 Å². The van der Waals surface area contributed by atoms with E-state index in [1.54, 1.807) is 0 Å². The van der Waals surface area contributed by atoms with Gasteiger partial charge in [-0.3, -0.25) is 14.5 Å². The third-order valence-corrected chi connectivity index (χ3v) is 6.70. The Morgan fingerprint density at radius 2 is 1.47 bits per heavy atom.